The van der Waals surface area contributed by atoms with Gasteiger partial charge in [0.25, 0.3) is 0 Å². The van der Waals surface area contributed by atoms with Crippen LogP contribution < -0.4 is 0 Å². The maximum absolute atomic E-state index is 11.2. The molecule has 0 radical (unpaired) electrons. The number of hydrogen-bond donors (Lipinski definition) is 2. The second-order valence-electron chi connectivity index (χ2n) is 5.92. The molecule has 128 valence electrons. The van der Waals surface area contributed by atoms with Crippen LogP contribution in [-0.2, 0) is 9.59 Å². The van der Waals surface area contributed by atoms with Crippen molar-refractivity contribution in [2.75, 3.05) is 0 Å². The molecule has 0 unspecified atom stereocenters. The molecule has 0 aromatic heterocycles. The molecule has 0 aliphatic carbocycles. The van der Waals surface area contributed by atoms with Gasteiger partial charge in [0.15, 0.2) is 0 Å². The molecule has 0 aromatic carbocycles. The van der Waals surface area contributed by atoms with Crippen molar-refractivity contribution in [3.8, 4) is 0 Å². The maximum atomic E-state index is 11.2. The van der Waals surface area contributed by atoms with Crippen molar-refractivity contribution in [2.45, 2.75) is 90.9 Å². The van der Waals surface area contributed by atoms with E-state index >= 15 is 0 Å². The van der Waals surface area contributed by atoms with E-state index in [-0.39, 0.29) is 0 Å². The van der Waals surface area contributed by atoms with Crippen LogP contribution >= 0.6 is 0 Å². The lowest BCUT2D eigenvalue weighted by Crippen LogP contribution is -2.14. The van der Waals surface area contributed by atoms with Crippen molar-refractivity contribution < 1.29 is 19.8 Å². The maximum Gasteiger partial charge on any atom is 0.343 e. The van der Waals surface area contributed by atoms with E-state index in [1.807, 2.05) is 0 Å². The van der Waals surface area contributed by atoms with Crippen LogP contribution in [0.2, 0.25) is 0 Å². The fourth-order valence-corrected chi connectivity index (χ4v) is 2.65. The minimum atomic E-state index is -1.30. The number of allylic oxidation sites excluding steroid dienone is 1. The molecule has 0 rings (SSSR count). The molecule has 4 heteroatoms. The monoisotopic (exact) mass is 312 g/mol. The van der Waals surface area contributed by atoms with Crippen molar-refractivity contribution in [3.63, 3.8) is 0 Å². The summed E-state index contributed by atoms with van der Waals surface area (Å²) in [6, 6.07) is 0. The molecule has 0 heterocycles. The summed E-state index contributed by atoms with van der Waals surface area (Å²) in [7, 11) is 0. The summed E-state index contributed by atoms with van der Waals surface area (Å²) in [5.41, 5.74) is 0.221. The first-order valence-electron chi connectivity index (χ1n) is 8.73. The number of carboxylic acids is 2. The van der Waals surface area contributed by atoms with Gasteiger partial charge in [0, 0.05) is 0 Å². The Bertz CT molecular complexity index is 326. The molecule has 22 heavy (non-hydrogen) atoms. The quantitative estimate of drug-likeness (QED) is 0.201. The van der Waals surface area contributed by atoms with Crippen LogP contribution in [0.4, 0.5) is 0 Å². The largest absolute Gasteiger partial charge is 0.477 e. The Kier molecular flexibility index (Phi) is 12.5. The van der Waals surface area contributed by atoms with Crippen molar-refractivity contribution in [2.24, 2.45) is 0 Å². The third-order valence-electron chi connectivity index (χ3n) is 3.95. The molecule has 0 bridgehead atoms. The Hall–Kier alpha value is -1.32. The van der Waals surface area contributed by atoms with Gasteiger partial charge in [-0.1, -0.05) is 65.2 Å². The molecule has 0 aromatic rings. The molecule has 0 aliphatic heterocycles. The molecular weight excluding hydrogens is 280 g/mol. The third-order valence-corrected chi connectivity index (χ3v) is 3.95. The van der Waals surface area contributed by atoms with Crippen LogP contribution in [-0.4, -0.2) is 22.2 Å². The predicted octanol–water partition coefficient (Wildman–Crippen LogP) is 5.17. The van der Waals surface area contributed by atoms with Crippen molar-refractivity contribution in [1.82, 2.24) is 0 Å². The molecule has 0 atom stereocenters. The first-order chi connectivity index (χ1) is 10.5. The van der Waals surface area contributed by atoms with Crippen molar-refractivity contribution in [1.29, 1.82) is 0 Å². The zero-order chi connectivity index (χ0) is 16.8. The summed E-state index contributed by atoms with van der Waals surface area (Å²) in [5, 5.41) is 18.3. The lowest BCUT2D eigenvalue weighted by molar-refractivity contribution is -0.140. The summed E-state index contributed by atoms with van der Waals surface area (Å²) in [4.78, 5) is 22.4. The number of rotatable bonds is 14. The molecule has 0 amide bonds. The van der Waals surface area contributed by atoms with Crippen LogP contribution in [0.15, 0.2) is 11.1 Å². The van der Waals surface area contributed by atoms with Crippen LogP contribution in [0, 0.1) is 0 Å². The number of hydrogen-bond acceptors (Lipinski definition) is 2. The summed E-state index contributed by atoms with van der Waals surface area (Å²) in [6.07, 6.45) is 12.0. The van der Waals surface area contributed by atoms with Crippen molar-refractivity contribution in [3.05, 3.63) is 11.1 Å². The summed E-state index contributed by atoms with van der Waals surface area (Å²) in [5.74, 6) is -2.60. The van der Waals surface area contributed by atoms with E-state index in [9.17, 15) is 9.59 Å². The third kappa shape index (κ3) is 9.59. The van der Waals surface area contributed by atoms with E-state index in [0.29, 0.717) is 18.4 Å². The highest BCUT2D eigenvalue weighted by Gasteiger charge is 2.21. The van der Waals surface area contributed by atoms with Crippen molar-refractivity contribution >= 4 is 11.9 Å². The average molecular weight is 312 g/mol. The van der Waals surface area contributed by atoms with Gasteiger partial charge in [0.05, 0.1) is 0 Å². The molecule has 0 saturated heterocycles. The number of aliphatic carboxylic acids is 2. The fraction of sp³-hybridized carbons (Fsp3) is 0.778. The van der Waals surface area contributed by atoms with E-state index in [4.69, 9.17) is 10.2 Å². The Labute approximate surface area is 134 Å². The number of carboxylic acid groups (broad SMARTS) is 2. The molecule has 4 nitrogen and oxygen atoms in total. The van der Waals surface area contributed by atoms with E-state index in [1.54, 1.807) is 0 Å². The van der Waals surface area contributed by atoms with Crippen LogP contribution in [0.1, 0.15) is 90.9 Å². The smallest absolute Gasteiger partial charge is 0.343 e. The molecule has 0 aliphatic rings. The van der Waals surface area contributed by atoms with E-state index in [0.717, 1.165) is 51.4 Å². The highest BCUT2D eigenvalue weighted by molar-refractivity contribution is 6.13. The topological polar surface area (TPSA) is 74.6 Å². The molecule has 0 spiro atoms. The van der Waals surface area contributed by atoms with E-state index in [2.05, 4.69) is 13.8 Å². The van der Waals surface area contributed by atoms with E-state index < -0.39 is 17.5 Å². The SMILES string of the molecule is CCCCCCCC(CCCCCCC)=C(C(=O)O)C(=O)O. The second kappa shape index (κ2) is 13.4. The Morgan fingerprint density at radius 2 is 1.00 bits per heavy atom. The average Bonchev–Trinajstić information content (AvgIpc) is 2.45. The minimum Gasteiger partial charge on any atom is -0.477 e. The zero-order valence-electron chi connectivity index (χ0n) is 14.2. The summed E-state index contributed by atoms with van der Waals surface area (Å²) < 4.78 is 0. The molecule has 0 fully saturated rings. The Morgan fingerprint density at radius 1 is 0.636 bits per heavy atom. The van der Waals surface area contributed by atoms with Gasteiger partial charge in [0.1, 0.15) is 5.57 Å². The molecule has 0 saturated carbocycles. The Balaban J connectivity index is 4.58. The van der Waals surface area contributed by atoms with Crippen LogP contribution in [0.25, 0.3) is 0 Å². The Morgan fingerprint density at radius 3 is 1.32 bits per heavy atom. The highest BCUT2D eigenvalue weighted by atomic mass is 16.4. The molecule has 2 N–H and O–H groups in total. The number of unbranched alkanes of at least 4 members (excludes halogenated alkanes) is 8. The normalized spacial score (nSPS) is 10.5. The first kappa shape index (κ1) is 20.7. The zero-order valence-corrected chi connectivity index (χ0v) is 14.2. The van der Waals surface area contributed by atoms with Gasteiger partial charge in [0.2, 0.25) is 0 Å². The standard InChI is InChI=1S/C18H32O4/c1-3-5-7-9-11-13-15(14-12-10-8-6-4-2)16(17(19)20)18(21)22/h3-14H2,1-2H3,(H,19,20)(H,21,22). The van der Waals surface area contributed by atoms with E-state index in [1.165, 1.54) is 12.8 Å². The lowest BCUT2D eigenvalue weighted by atomic mass is 9.95. The van der Waals surface area contributed by atoms with Crippen LogP contribution in [0.5, 0.6) is 0 Å². The summed E-state index contributed by atoms with van der Waals surface area (Å²) >= 11 is 0. The highest BCUT2D eigenvalue weighted by Crippen LogP contribution is 2.22. The first-order valence-corrected chi connectivity index (χ1v) is 8.73. The fourth-order valence-electron chi connectivity index (χ4n) is 2.65. The van der Waals surface area contributed by atoms with Gasteiger partial charge in [-0.25, -0.2) is 9.59 Å². The predicted molar refractivity (Wildman–Crippen MR) is 89.0 cm³/mol. The van der Waals surface area contributed by atoms with Crippen LogP contribution in [0.3, 0.4) is 0 Å². The van der Waals surface area contributed by atoms with Gasteiger partial charge < -0.3 is 10.2 Å². The summed E-state index contributed by atoms with van der Waals surface area (Å²) in [6.45, 7) is 4.29. The van der Waals surface area contributed by atoms with Gasteiger partial charge in [-0.05, 0) is 31.3 Å². The van der Waals surface area contributed by atoms with Gasteiger partial charge in [-0.3, -0.25) is 0 Å². The number of carbonyl (C=O) groups is 2. The molecular formula is C18H32O4. The van der Waals surface area contributed by atoms with Gasteiger partial charge in [-0.2, -0.15) is 0 Å². The van der Waals surface area contributed by atoms with Gasteiger partial charge >= 0.3 is 11.9 Å². The second-order valence-corrected chi connectivity index (χ2v) is 5.92. The minimum absolute atomic E-state index is 0.397. The van der Waals surface area contributed by atoms with Gasteiger partial charge in [-0.15, -0.1) is 0 Å². The lowest BCUT2D eigenvalue weighted by Gasteiger charge is -2.10.